The molecule has 0 unspecified atom stereocenters. The minimum absolute atomic E-state index is 0.0877. The standard InChI is InChI=1S/C20H12BrN3O7/c21-16-8-11(24(28)29)3-5-14(16)17-6-4-12(31-17)9-15-18(25)22-20(27)23(19(15)26)10-13-2-1-7-30-13/h1-9H,10H2,(H,22,25,27)/b15-9-. The van der Waals surface area contributed by atoms with Crippen molar-refractivity contribution >= 4 is 45.5 Å². The summed E-state index contributed by atoms with van der Waals surface area (Å²) in [5.41, 5.74) is 0.175. The zero-order valence-electron chi connectivity index (χ0n) is 15.5. The van der Waals surface area contributed by atoms with E-state index in [2.05, 4.69) is 21.2 Å². The van der Waals surface area contributed by atoms with Crippen molar-refractivity contribution in [2.45, 2.75) is 6.54 Å². The molecule has 0 radical (unpaired) electrons. The number of nitrogens with one attached hydrogen (secondary N) is 1. The lowest BCUT2D eigenvalue weighted by atomic mass is 10.1. The number of nitro benzene ring substituents is 1. The highest BCUT2D eigenvalue weighted by atomic mass is 79.9. The quantitative estimate of drug-likeness (QED) is 0.250. The number of hydrogen-bond acceptors (Lipinski definition) is 7. The molecule has 156 valence electrons. The van der Waals surface area contributed by atoms with Crippen LogP contribution in [-0.4, -0.2) is 27.7 Å². The molecule has 11 heteroatoms. The Morgan fingerprint density at radius 3 is 2.65 bits per heavy atom. The fraction of sp³-hybridized carbons (Fsp3) is 0.0500. The summed E-state index contributed by atoms with van der Waals surface area (Å²) in [5.74, 6) is -0.716. The van der Waals surface area contributed by atoms with Gasteiger partial charge in [0.05, 0.1) is 17.7 Å². The van der Waals surface area contributed by atoms with Gasteiger partial charge in [0, 0.05) is 22.2 Å². The summed E-state index contributed by atoms with van der Waals surface area (Å²) < 4.78 is 11.3. The number of urea groups is 1. The van der Waals surface area contributed by atoms with Crippen LogP contribution < -0.4 is 5.32 Å². The fourth-order valence-corrected chi connectivity index (χ4v) is 3.49. The van der Waals surface area contributed by atoms with Crippen LogP contribution in [0, 0.1) is 10.1 Å². The Hall–Kier alpha value is -3.99. The van der Waals surface area contributed by atoms with Gasteiger partial charge in [0.1, 0.15) is 22.9 Å². The Kier molecular flexibility index (Phi) is 5.26. The number of nitrogens with zero attached hydrogens (tertiary/aromatic N) is 2. The van der Waals surface area contributed by atoms with Crippen molar-refractivity contribution in [3.63, 3.8) is 0 Å². The van der Waals surface area contributed by atoms with Crippen molar-refractivity contribution in [2.75, 3.05) is 0 Å². The van der Waals surface area contributed by atoms with Gasteiger partial charge >= 0.3 is 6.03 Å². The number of nitro groups is 1. The highest BCUT2D eigenvalue weighted by molar-refractivity contribution is 9.10. The number of furan rings is 2. The predicted molar refractivity (Wildman–Crippen MR) is 109 cm³/mol. The highest BCUT2D eigenvalue weighted by Gasteiger charge is 2.36. The molecule has 4 rings (SSSR count). The van der Waals surface area contributed by atoms with Gasteiger partial charge in [0.25, 0.3) is 17.5 Å². The van der Waals surface area contributed by atoms with Crippen molar-refractivity contribution in [1.82, 2.24) is 10.2 Å². The molecule has 0 bridgehead atoms. The zero-order valence-corrected chi connectivity index (χ0v) is 17.1. The van der Waals surface area contributed by atoms with Crippen molar-refractivity contribution in [3.05, 3.63) is 80.4 Å². The third-order valence-electron chi connectivity index (χ3n) is 4.42. The average molecular weight is 486 g/mol. The van der Waals surface area contributed by atoms with Gasteiger partial charge in [-0.05, 0) is 52.3 Å². The van der Waals surface area contributed by atoms with E-state index in [4.69, 9.17) is 8.83 Å². The van der Waals surface area contributed by atoms with Gasteiger partial charge in [-0.25, -0.2) is 4.79 Å². The van der Waals surface area contributed by atoms with Crippen LogP contribution >= 0.6 is 15.9 Å². The predicted octanol–water partition coefficient (Wildman–Crippen LogP) is 3.87. The van der Waals surface area contributed by atoms with Gasteiger partial charge < -0.3 is 8.83 Å². The summed E-state index contributed by atoms with van der Waals surface area (Å²) in [6.45, 7) is -0.137. The van der Waals surface area contributed by atoms with Gasteiger partial charge in [0.2, 0.25) is 0 Å². The Morgan fingerprint density at radius 1 is 1.16 bits per heavy atom. The first-order chi connectivity index (χ1) is 14.8. The molecule has 1 aromatic carbocycles. The first-order valence-electron chi connectivity index (χ1n) is 8.79. The van der Waals surface area contributed by atoms with E-state index in [1.807, 2.05) is 0 Å². The van der Waals surface area contributed by atoms with Gasteiger partial charge in [-0.15, -0.1) is 0 Å². The molecule has 0 saturated carbocycles. The second-order valence-electron chi connectivity index (χ2n) is 6.41. The first kappa shape index (κ1) is 20.3. The van der Waals surface area contributed by atoms with E-state index >= 15 is 0 Å². The number of imide groups is 2. The molecule has 2 aromatic heterocycles. The smallest absolute Gasteiger partial charge is 0.331 e. The van der Waals surface area contributed by atoms with Gasteiger partial charge in [-0.3, -0.25) is 29.9 Å². The SMILES string of the molecule is O=C1NC(=O)N(Cc2ccco2)C(=O)/C1=C\c1ccc(-c2ccc([N+](=O)[O-])cc2Br)o1. The number of barbiturate groups is 1. The lowest BCUT2D eigenvalue weighted by molar-refractivity contribution is -0.384. The first-order valence-corrected chi connectivity index (χ1v) is 9.58. The molecule has 0 spiro atoms. The molecule has 4 amide bonds. The van der Waals surface area contributed by atoms with Crippen LogP contribution in [0.15, 0.2) is 67.6 Å². The minimum atomic E-state index is -0.849. The van der Waals surface area contributed by atoms with Crippen molar-refractivity contribution in [2.24, 2.45) is 0 Å². The molecule has 1 N–H and O–H groups in total. The molecule has 1 fully saturated rings. The van der Waals surface area contributed by atoms with Gasteiger partial charge in [-0.1, -0.05) is 0 Å². The Morgan fingerprint density at radius 2 is 1.97 bits per heavy atom. The average Bonchev–Trinajstić information content (AvgIpc) is 3.40. The Balaban J connectivity index is 1.61. The summed E-state index contributed by atoms with van der Waals surface area (Å²) >= 11 is 3.27. The molecule has 1 aliphatic heterocycles. The van der Waals surface area contributed by atoms with Crippen LogP contribution in [0.5, 0.6) is 0 Å². The maximum absolute atomic E-state index is 12.7. The molecule has 31 heavy (non-hydrogen) atoms. The lowest BCUT2D eigenvalue weighted by Gasteiger charge is -2.25. The van der Waals surface area contributed by atoms with Crippen molar-refractivity contribution in [1.29, 1.82) is 0 Å². The van der Waals surface area contributed by atoms with E-state index in [0.29, 0.717) is 21.6 Å². The third kappa shape index (κ3) is 4.03. The van der Waals surface area contributed by atoms with Gasteiger partial charge in [-0.2, -0.15) is 0 Å². The number of benzene rings is 1. The maximum atomic E-state index is 12.7. The number of non-ortho nitro benzene ring substituents is 1. The molecule has 10 nitrogen and oxygen atoms in total. The van der Waals surface area contributed by atoms with Crippen LogP contribution in [0.25, 0.3) is 17.4 Å². The second kappa shape index (κ2) is 8.03. The Labute approximate surface area is 182 Å². The molecular formula is C20H12BrN3O7. The largest absolute Gasteiger partial charge is 0.467 e. The molecule has 0 aliphatic carbocycles. The lowest BCUT2D eigenvalue weighted by Crippen LogP contribution is -2.53. The summed E-state index contributed by atoms with van der Waals surface area (Å²) in [6, 6.07) is 9.67. The molecule has 3 heterocycles. The monoisotopic (exact) mass is 485 g/mol. The van der Waals surface area contributed by atoms with Crippen LogP contribution in [0.1, 0.15) is 11.5 Å². The fourth-order valence-electron chi connectivity index (χ4n) is 2.93. The zero-order chi connectivity index (χ0) is 22.1. The number of carbonyl (C=O) groups is 3. The number of halogens is 1. The van der Waals surface area contributed by atoms with E-state index in [-0.39, 0.29) is 23.6 Å². The van der Waals surface area contributed by atoms with Crippen LogP contribution in [0.4, 0.5) is 10.5 Å². The normalized spacial score (nSPS) is 15.5. The van der Waals surface area contributed by atoms with Crippen LogP contribution in [0.2, 0.25) is 0 Å². The van der Waals surface area contributed by atoms with E-state index in [1.165, 1.54) is 36.6 Å². The van der Waals surface area contributed by atoms with Crippen LogP contribution in [0.3, 0.4) is 0 Å². The topological polar surface area (TPSA) is 136 Å². The van der Waals surface area contributed by atoms with Crippen molar-refractivity contribution in [3.8, 4) is 11.3 Å². The number of rotatable bonds is 5. The molecule has 3 aromatic rings. The Bertz CT molecular complexity index is 1240. The summed E-state index contributed by atoms with van der Waals surface area (Å²) in [4.78, 5) is 48.2. The molecular weight excluding hydrogens is 474 g/mol. The van der Waals surface area contributed by atoms with Gasteiger partial charge in [0.15, 0.2) is 0 Å². The highest BCUT2D eigenvalue weighted by Crippen LogP contribution is 2.33. The van der Waals surface area contributed by atoms with Crippen LogP contribution in [-0.2, 0) is 16.1 Å². The summed E-state index contributed by atoms with van der Waals surface area (Å²) in [5, 5.41) is 13.0. The van der Waals surface area contributed by atoms with E-state index in [0.717, 1.165) is 4.90 Å². The third-order valence-corrected chi connectivity index (χ3v) is 5.08. The van der Waals surface area contributed by atoms with Crippen molar-refractivity contribution < 1.29 is 28.1 Å². The number of hydrogen-bond donors (Lipinski definition) is 1. The minimum Gasteiger partial charge on any atom is -0.467 e. The van der Waals surface area contributed by atoms with E-state index < -0.39 is 22.8 Å². The summed E-state index contributed by atoms with van der Waals surface area (Å²) in [6.07, 6.45) is 2.63. The van der Waals surface area contributed by atoms with E-state index in [9.17, 15) is 24.5 Å². The molecule has 1 aliphatic rings. The summed E-state index contributed by atoms with van der Waals surface area (Å²) in [7, 11) is 0. The molecule has 0 atom stereocenters. The molecule has 1 saturated heterocycles. The van der Waals surface area contributed by atoms with E-state index in [1.54, 1.807) is 18.2 Å². The second-order valence-corrected chi connectivity index (χ2v) is 7.27. The number of carbonyl (C=O) groups excluding carboxylic acids is 3. The maximum Gasteiger partial charge on any atom is 0.331 e. The number of amides is 4.